The number of amides is 1. The Bertz CT molecular complexity index is 851. The molecule has 1 heterocycles. The van der Waals surface area contributed by atoms with Gasteiger partial charge in [0, 0.05) is 35.8 Å². The summed E-state index contributed by atoms with van der Waals surface area (Å²) in [5, 5.41) is 3.15. The summed E-state index contributed by atoms with van der Waals surface area (Å²) < 4.78 is 0. The van der Waals surface area contributed by atoms with Gasteiger partial charge in [-0.25, -0.2) is 0 Å². The highest BCUT2D eigenvalue weighted by molar-refractivity contribution is 6.22. The van der Waals surface area contributed by atoms with Crippen molar-refractivity contribution in [3.63, 3.8) is 0 Å². The molecule has 0 radical (unpaired) electrons. The zero-order valence-corrected chi connectivity index (χ0v) is 15.1. The zero-order chi connectivity index (χ0) is 18.1. The Hall–Kier alpha value is -2.46. The smallest absolute Gasteiger partial charge is 0.251 e. The van der Waals surface area contributed by atoms with E-state index in [4.69, 9.17) is 0 Å². The Morgan fingerprint density at radius 2 is 1.73 bits per heavy atom. The summed E-state index contributed by atoms with van der Waals surface area (Å²) in [5.41, 5.74) is 3.82. The van der Waals surface area contributed by atoms with Gasteiger partial charge in [-0.1, -0.05) is 37.3 Å². The van der Waals surface area contributed by atoms with Gasteiger partial charge in [-0.3, -0.25) is 9.59 Å². The van der Waals surface area contributed by atoms with Crippen LogP contribution in [0.3, 0.4) is 0 Å². The highest BCUT2D eigenvalue weighted by atomic mass is 16.1. The van der Waals surface area contributed by atoms with Crippen LogP contribution in [0, 0.1) is 0 Å². The summed E-state index contributed by atoms with van der Waals surface area (Å²) in [6, 6.07) is 13.3. The third kappa shape index (κ3) is 3.06. The topological polar surface area (TPSA) is 49.4 Å². The number of ketones is 1. The van der Waals surface area contributed by atoms with E-state index in [0.29, 0.717) is 11.1 Å². The summed E-state index contributed by atoms with van der Waals surface area (Å²) in [5.74, 6) is -0.0661. The number of piperidine rings is 1. The van der Waals surface area contributed by atoms with Crippen molar-refractivity contribution >= 4 is 11.7 Å². The maximum Gasteiger partial charge on any atom is 0.251 e. The lowest BCUT2D eigenvalue weighted by Crippen LogP contribution is -2.44. The average Bonchev–Trinajstić information content (AvgIpc) is 2.96. The van der Waals surface area contributed by atoms with Crippen molar-refractivity contribution in [3.05, 3.63) is 59.2 Å². The van der Waals surface area contributed by atoms with Gasteiger partial charge >= 0.3 is 0 Å². The molecule has 0 spiro atoms. The van der Waals surface area contributed by atoms with E-state index in [2.05, 4.69) is 17.1 Å². The van der Waals surface area contributed by atoms with E-state index >= 15 is 0 Å². The molecule has 2 aliphatic rings. The number of benzene rings is 2. The Kier molecular flexibility index (Phi) is 4.60. The number of fused-ring (bicyclic) bond motifs is 3. The second-order valence-electron chi connectivity index (χ2n) is 7.22. The lowest BCUT2D eigenvalue weighted by atomic mass is 10.0. The molecule has 0 atom stereocenters. The predicted molar refractivity (Wildman–Crippen MR) is 103 cm³/mol. The molecular weight excluding hydrogens is 324 g/mol. The quantitative estimate of drug-likeness (QED) is 0.785. The van der Waals surface area contributed by atoms with E-state index in [1.807, 2.05) is 36.4 Å². The average molecular weight is 348 g/mol. The predicted octanol–water partition coefficient (Wildman–Crippen LogP) is 3.50. The van der Waals surface area contributed by atoms with Crippen LogP contribution in [0.15, 0.2) is 42.5 Å². The highest BCUT2D eigenvalue weighted by Gasteiger charge is 2.27. The summed E-state index contributed by atoms with van der Waals surface area (Å²) in [7, 11) is 0. The van der Waals surface area contributed by atoms with Gasteiger partial charge in [0.05, 0.1) is 0 Å². The van der Waals surface area contributed by atoms with Gasteiger partial charge in [-0.05, 0) is 49.1 Å². The zero-order valence-electron chi connectivity index (χ0n) is 15.1. The molecule has 26 heavy (non-hydrogen) atoms. The molecule has 4 rings (SSSR count). The number of nitrogens with one attached hydrogen (secondary N) is 1. The minimum atomic E-state index is -0.0782. The lowest BCUT2D eigenvalue weighted by molar-refractivity contribution is 0.0911. The Labute approximate surface area is 154 Å². The van der Waals surface area contributed by atoms with E-state index in [9.17, 15) is 9.59 Å². The van der Waals surface area contributed by atoms with Gasteiger partial charge < -0.3 is 10.2 Å². The molecular formula is C22H24N2O2. The minimum absolute atomic E-state index is 0.0122. The largest absolute Gasteiger partial charge is 0.349 e. The van der Waals surface area contributed by atoms with E-state index in [1.54, 1.807) is 6.07 Å². The fourth-order valence-corrected chi connectivity index (χ4v) is 4.06. The van der Waals surface area contributed by atoms with Crippen LogP contribution in [0.4, 0.5) is 0 Å². The fourth-order valence-electron chi connectivity index (χ4n) is 4.06. The van der Waals surface area contributed by atoms with Crippen LogP contribution >= 0.6 is 0 Å². The van der Waals surface area contributed by atoms with Crippen LogP contribution < -0.4 is 5.32 Å². The molecule has 0 unspecified atom stereocenters. The van der Waals surface area contributed by atoms with Crippen LogP contribution in [0.25, 0.3) is 11.1 Å². The molecule has 1 amide bonds. The molecule has 0 aromatic heterocycles. The van der Waals surface area contributed by atoms with Gasteiger partial charge in [0.25, 0.3) is 5.91 Å². The summed E-state index contributed by atoms with van der Waals surface area (Å²) in [6.07, 6.45) is 3.14. The first-order valence-electron chi connectivity index (χ1n) is 9.48. The molecule has 1 N–H and O–H groups in total. The van der Waals surface area contributed by atoms with Gasteiger partial charge in [0.1, 0.15) is 0 Å². The molecule has 4 nitrogen and oxygen atoms in total. The number of nitrogens with zero attached hydrogens (tertiary/aromatic N) is 1. The number of rotatable bonds is 4. The lowest BCUT2D eigenvalue weighted by Gasteiger charge is -2.32. The van der Waals surface area contributed by atoms with Crippen molar-refractivity contribution in [1.29, 1.82) is 0 Å². The molecule has 0 bridgehead atoms. The summed E-state index contributed by atoms with van der Waals surface area (Å²) in [6.45, 7) is 5.41. The van der Waals surface area contributed by atoms with E-state index in [-0.39, 0.29) is 17.7 Å². The number of carbonyl (C=O) groups excluding carboxylic acids is 2. The van der Waals surface area contributed by atoms with Crippen LogP contribution in [-0.2, 0) is 0 Å². The molecule has 1 saturated heterocycles. The molecule has 4 heteroatoms. The minimum Gasteiger partial charge on any atom is -0.349 e. The first kappa shape index (κ1) is 17.0. The molecule has 0 saturated carbocycles. The van der Waals surface area contributed by atoms with E-state index in [1.165, 1.54) is 6.42 Å². The van der Waals surface area contributed by atoms with Crippen molar-refractivity contribution in [2.75, 3.05) is 19.6 Å². The van der Waals surface area contributed by atoms with Gasteiger partial charge in [-0.15, -0.1) is 0 Å². The maximum atomic E-state index is 12.7. The maximum absolute atomic E-state index is 12.7. The Morgan fingerprint density at radius 3 is 2.46 bits per heavy atom. The van der Waals surface area contributed by atoms with E-state index in [0.717, 1.165) is 49.2 Å². The number of likely N-dealkylation sites (tertiary alicyclic amines) is 1. The van der Waals surface area contributed by atoms with Crippen molar-refractivity contribution in [2.45, 2.75) is 32.2 Å². The molecule has 1 fully saturated rings. The van der Waals surface area contributed by atoms with Gasteiger partial charge in [0.2, 0.25) is 0 Å². The van der Waals surface area contributed by atoms with Gasteiger partial charge in [-0.2, -0.15) is 0 Å². The Morgan fingerprint density at radius 1 is 1.04 bits per heavy atom. The van der Waals surface area contributed by atoms with Crippen LogP contribution in [0.2, 0.25) is 0 Å². The van der Waals surface area contributed by atoms with Crippen LogP contribution in [0.5, 0.6) is 0 Å². The second-order valence-corrected chi connectivity index (χ2v) is 7.22. The van der Waals surface area contributed by atoms with Crippen molar-refractivity contribution in [3.8, 4) is 11.1 Å². The first-order chi connectivity index (χ1) is 12.7. The fraction of sp³-hybridized carbons (Fsp3) is 0.364. The number of hydrogen-bond donors (Lipinski definition) is 1. The molecule has 2 aromatic carbocycles. The second kappa shape index (κ2) is 7.04. The number of carbonyl (C=O) groups is 2. The first-order valence-corrected chi connectivity index (χ1v) is 9.48. The van der Waals surface area contributed by atoms with Crippen molar-refractivity contribution in [2.24, 2.45) is 0 Å². The third-order valence-electron chi connectivity index (χ3n) is 5.45. The molecule has 1 aliphatic carbocycles. The van der Waals surface area contributed by atoms with Crippen LogP contribution in [-0.4, -0.2) is 42.3 Å². The monoisotopic (exact) mass is 348 g/mol. The van der Waals surface area contributed by atoms with E-state index < -0.39 is 0 Å². The Balaban J connectivity index is 1.47. The van der Waals surface area contributed by atoms with Gasteiger partial charge in [0.15, 0.2) is 5.78 Å². The molecule has 134 valence electrons. The molecule has 1 aliphatic heterocycles. The standard InChI is InChI=1S/C22H24N2O2/c1-2-11-24-12-9-16(10-13-24)23-22(26)15-7-8-18-17-5-3-4-6-19(17)21(25)20(18)14-15/h3-8,14,16H,2,9-13H2,1H3,(H,23,26). The normalized spacial score (nSPS) is 17.0. The SMILES string of the molecule is CCCN1CCC(NC(=O)c2ccc3c(c2)C(=O)c2ccccc2-3)CC1. The highest BCUT2D eigenvalue weighted by Crippen LogP contribution is 2.36. The van der Waals surface area contributed by atoms with Crippen molar-refractivity contribution < 1.29 is 9.59 Å². The summed E-state index contributed by atoms with van der Waals surface area (Å²) in [4.78, 5) is 27.7. The van der Waals surface area contributed by atoms with Crippen molar-refractivity contribution in [1.82, 2.24) is 10.2 Å². The molecule has 2 aromatic rings. The number of hydrogen-bond acceptors (Lipinski definition) is 3. The third-order valence-corrected chi connectivity index (χ3v) is 5.45. The summed E-state index contributed by atoms with van der Waals surface area (Å²) >= 11 is 0. The van der Waals surface area contributed by atoms with Crippen LogP contribution in [0.1, 0.15) is 52.5 Å².